The fourth-order valence-electron chi connectivity index (χ4n) is 5.08. The number of carbonyl (C=O) groups excluding carboxylic acids is 1. The van der Waals surface area contributed by atoms with E-state index < -0.39 is 12.6 Å². The van der Waals surface area contributed by atoms with Crippen molar-refractivity contribution in [3.63, 3.8) is 0 Å². The lowest BCUT2D eigenvalue weighted by molar-refractivity contribution is -0.133. The first kappa shape index (κ1) is 22.5. The van der Waals surface area contributed by atoms with Crippen molar-refractivity contribution in [3.8, 4) is 11.3 Å². The van der Waals surface area contributed by atoms with E-state index in [2.05, 4.69) is 25.6 Å². The van der Waals surface area contributed by atoms with Gasteiger partial charge in [0.05, 0.1) is 18.3 Å². The molecule has 5 rings (SSSR count). The summed E-state index contributed by atoms with van der Waals surface area (Å²) in [4.78, 5) is 27.8. The van der Waals surface area contributed by atoms with E-state index in [-0.39, 0.29) is 30.7 Å². The highest BCUT2D eigenvalue weighted by Gasteiger charge is 2.43. The average Bonchev–Trinajstić information content (AvgIpc) is 3.09. The molecule has 2 aliphatic heterocycles. The van der Waals surface area contributed by atoms with Crippen molar-refractivity contribution in [1.82, 2.24) is 25.2 Å². The smallest absolute Gasteiger partial charge is 0.318 e. The Kier molecular flexibility index (Phi) is 6.07. The van der Waals surface area contributed by atoms with Crippen LogP contribution in [0.3, 0.4) is 0 Å². The Morgan fingerprint density at radius 2 is 1.82 bits per heavy atom. The van der Waals surface area contributed by atoms with Gasteiger partial charge < -0.3 is 10.2 Å². The number of aromatic nitrogens is 3. The first-order valence-corrected chi connectivity index (χ1v) is 11.4. The normalized spacial score (nSPS) is 22.2. The van der Waals surface area contributed by atoms with E-state index in [0.717, 1.165) is 34.9 Å². The van der Waals surface area contributed by atoms with Crippen LogP contribution in [0.15, 0.2) is 49.1 Å². The molecular formula is C24H25F3N6O. The van der Waals surface area contributed by atoms with Crippen molar-refractivity contribution >= 4 is 22.6 Å². The van der Waals surface area contributed by atoms with Crippen LogP contribution in [0.4, 0.5) is 23.8 Å². The van der Waals surface area contributed by atoms with Crippen LogP contribution in [-0.2, 0) is 0 Å². The molecule has 3 aromatic rings. The lowest BCUT2D eigenvalue weighted by Crippen LogP contribution is -2.53. The SMILES string of the molecule is O=C(Nc1cc2cc(-c3cnccn3)ccc2cn1)N1[C@@H]2CC[C@H]1C[C@@H](NCCC(F)(F)F)C2. The Bertz CT molecular complexity index is 1160. The highest BCUT2D eigenvalue weighted by atomic mass is 19.4. The van der Waals surface area contributed by atoms with Crippen molar-refractivity contribution in [2.24, 2.45) is 0 Å². The van der Waals surface area contributed by atoms with E-state index in [1.165, 1.54) is 0 Å². The molecule has 0 saturated carbocycles. The number of nitrogens with zero attached hydrogens (tertiary/aromatic N) is 4. The molecule has 2 aliphatic rings. The third kappa shape index (κ3) is 4.96. The van der Waals surface area contributed by atoms with Crippen LogP contribution in [0, 0.1) is 0 Å². The monoisotopic (exact) mass is 470 g/mol. The van der Waals surface area contributed by atoms with Gasteiger partial charge in [-0.25, -0.2) is 9.78 Å². The number of alkyl halides is 3. The van der Waals surface area contributed by atoms with Crippen molar-refractivity contribution in [2.75, 3.05) is 11.9 Å². The molecule has 0 unspecified atom stereocenters. The first-order valence-electron chi connectivity index (χ1n) is 11.4. The van der Waals surface area contributed by atoms with Gasteiger partial charge in [0, 0.05) is 54.2 Å². The molecule has 1 aromatic carbocycles. The number of benzene rings is 1. The van der Waals surface area contributed by atoms with E-state index in [4.69, 9.17) is 0 Å². The molecule has 0 spiro atoms. The molecule has 0 radical (unpaired) electrons. The minimum absolute atomic E-state index is 0.00204. The van der Waals surface area contributed by atoms with Gasteiger partial charge in [0.25, 0.3) is 0 Å². The second-order valence-electron chi connectivity index (χ2n) is 8.93. The van der Waals surface area contributed by atoms with Gasteiger partial charge in [-0.1, -0.05) is 12.1 Å². The van der Waals surface area contributed by atoms with Gasteiger partial charge in [-0.2, -0.15) is 13.2 Å². The fraction of sp³-hybridized carbons (Fsp3) is 0.417. The molecule has 10 heteroatoms. The summed E-state index contributed by atoms with van der Waals surface area (Å²) in [5.74, 6) is 0.457. The van der Waals surface area contributed by atoms with Crippen molar-refractivity contribution in [1.29, 1.82) is 0 Å². The number of hydrogen-bond donors (Lipinski definition) is 2. The zero-order chi connectivity index (χ0) is 23.7. The Labute approximate surface area is 194 Å². The maximum atomic E-state index is 13.1. The standard InChI is InChI=1S/C24H25F3N6O/c25-24(26,27)5-6-29-18-11-19-3-4-20(12-18)33(19)23(34)32-22-10-17-9-15(1-2-16(17)13-31-22)21-14-28-7-8-30-21/h1-2,7-10,13-14,18-20,29H,3-6,11-12H2,(H,31,32,34)/t18-,19+,20-. The summed E-state index contributed by atoms with van der Waals surface area (Å²) >= 11 is 0. The van der Waals surface area contributed by atoms with Crippen molar-refractivity contribution in [2.45, 2.75) is 56.4 Å². The number of urea groups is 1. The maximum Gasteiger partial charge on any atom is 0.390 e. The van der Waals surface area contributed by atoms with E-state index in [1.54, 1.807) is 24.8 Å². The largest absolute Gasteiger partial charge is 0.390 e. The number of rotatable bonds is 5. The molecular weight excluding hydrogens is 445 g/mol. The van der Waals surface area contributed by atoms with Gasteiger partial charge >= 0.3 is 12.2 Å². The van der Waals surface area contributed by atoms with Crippen molar-refractivity contribution < 1.29 is 18.0 Å². The van der Waals surface area contributed by atoms with E-state index in [9.17, 15) is 18.0 Å². The molecule has 2 aromatic heterocycles. The molecule has 2 bridgehead atoms. The quantitative estimate of drug-likeness (QED) is 0.562. The molecule has 7 nitrogen and oxygen atoms in total. The second kappa shape index (κ2) is 9.17. The summed E-state index contributed by atoms with van der Waals surface area (Å²) in [5, 5.41) is 7.81. The number of carbonyl (C=O) groups is 1. The Morgan fingerprint density at radius 1 is 1.03 bits per heavy atom. The Hall–Kier alpha value is -3.27. The molecule has 2 saturated heterocycles. The zero-order valence-electron chi connectivity index (χ0n) is 18.4. The molecule has 178 valence electrons. The number of amides is 2. The summed E-state index contributed by atoms with van der Waals surface area (Å²) < 4.78 is 37.3. The minimum atomic E-state index is -4.16. The molecule has 3 atom stereocenters. The molecule has 0 aliphatic carbocycles. The topological polar surface area (TPSA) is 83.0 Å². The molecule has 4 heterocycles. The average molecular weight is 470 g/mol. The Balaban J connectivity index is 1.25. The third-order valence-corrected chi connectivity index (χ3v) is 6.62. The zero-order valence-corrected chi connectivity index (χ0v) is 18.4. The summed E-state index contributed by atoms with van der Waals surface area (Å²) in [7, 11) is 0. The van der Waals surface area contributed by atoms with Gasteiger partial charge in [0.2, 0.25) is 0 Å². The minimum Gasteiger partial charge on any atom is -0.318 e. The lowest BCUT2D eigenvalue weighted by atomic mass is 9.97. The number of piperidine rings is 1. The van der Waals surface area contributed by atoms with Crippen LogP contribution < -0.4 is 10.6 Å². The van der Waals surface area contributed by atoms with Crippen LogP contribution >= 0.6 is 0 Å². The van der Waals surface area contributed by atoms with E-state index in [0.29, 0.717) is 18.7 Å². The summed E-state index contributed by atoms with van der Waals surface area (Å²) in [6, 6.07) is 7.56. The van der Waals surface area contributed by atoms with Gasteiger partial charge in [-0.15, -0.1) is 0 Å². The number of pyridine rings is 1. The number of fused-ring (bicyclic) bond motifs is 3. The van der Waals surface area contributed by atoms with Crippen LogP contribution in [0.25, 0.3) is 22.0 Å². The van der Waals surface area contributed by atoms with Crippen LogP contribution in [0.1, 0.15) is 32.1 Å². The van der Waals surface area contributed by atoms with Gasteiger partial charge in [0.15, 0.2) is 0 Å². The Morgan fingerprint density at radius 3 is 2.53 bits per heavy atom. The van der Waals surface area contributed by atoms with Gasteiger partial charge in [-0.3, -0.25) is 15.3 Å². The molecule has 2 N–H and O–H groups in total. The van der Waals surface area contributed by atoms with Crippen LogP contribution in [0.5, 0.6) is 0 Å². The second-order valence-corrected chi connectivity index (χ2v) is 8.93. The summed E-state index contributed by atoms with van der Waals surface area (Å²) in [5.41, 5.74) is 1.68. The lowest BCUT2D eigenvalue weighted by Gasteiger charge is -2.39. The first-order chi connectivity index (χ1) is 16.4. The molecule has 2 fully saturated rings. The summed E-state index contributed by atoms with van der Waals surface area (Å²) in [6.07, 6.45) is 4.73. The van der Waals surface area contributed by atoms with E-state index >= 15 is 0 Å². The van der Waals surface area contributed by atoms with Gasteiger partial charge in [-0.05, 0) is 43.2 Å². The predicted octanol–water partition coefficient (Wildman–Crippen LogP) is 4.76. The van der Waals surface area contributed by atoms with Crippen molar-refractivity contribution in [3.05, 3.63) is 49.1 Å². The van der Waals surface area contributed by atoms with Crippen LogP contribution in [-0.4, -0.2) is 56.7 Å². The predicted molar refractivity (Wildman–Crippen MR) is 122 cm³/mol. The van der Waals surface area contributed by atoms with Gasteiger partial charge in [0.1, 0.15) is 5.82 Å². The number of nitrogens with one attached hydrogen (secondary N) is 2. The number of halogens is 3. The number of hydrogen-bond acceptors (Lipinski definition) is 5. The highest BCUT2D eigenvalue weighted by molar-refractivity contribution is 5.93. The van der Waals surface area contributed by atoms with E-state index in [1.807, 2.05) is 29.2 Å². The molecule has 2 amide bonds. The molecule has 34 heavy (non-hydrogen) atoms. The highest BCUT2D eigenvalue weighted by Crippen LogP contribution is 2.36. The van der Waals surface area contributed by atoms with Crippen LogP contribution in [0.2, 0.25) is 0 Å². The maximum absolute atomic E-state index is 13.1. The summed E-state index contributed by atoms with van der Waals surface area (Å²) in [6.45, 7) is -0.0859. The number of anilines is 1. The third-order valence-electron chi connectivity index (χ3n) is 6.62. The fourth-order valence-corrected chi connectivity index (χ4v) is 5.08.